The third kappa shape index (κ3) is 3.61. The molecule has 4 nitrogen and oxygen atoms in total. The molecule has 0 aliphatic carbocycles. The van der Waals surface area contributed by atoms with E-state index in [1.807, 2.05) is 0 Å². The van der Waals surface area contributed by atoms with E-state index in [9.17, 15) is 9.18 Å². The number of nitrogens with two attached hydrogens (primary N) is 1. The molecular weight excluding hydrogens is 283 g/mol. The minimum absolute atomic E-state index is 0.149. The van der Waals surface area contributed by atoms with Crippen molar-refractivity contribution in [3.63, 3.8) is 0 Å². The number of ether oxygens (including phenoxy) is 1. The van der Waals surface area contributed by atoms with Gasteiger partial charge in [-0.2, -0.15) is 0 Å². The quantitative estimate of drug-likeness (QED) is 0.852. The molecular formula is C14H12ClFN2O2. The summed E-state index contributed by atoms with van der Waals surface area (Å²) in [6, 6.07) is 10.5. The van der Waals surface area contributed by atoms with Gasteiger partial charge in [0.05, 0.1) is 16.4 Å². The molecule has 0 heterocycles. The van der Waals surface area contributed by atoms with Crippen molar-refractivity contribution in [2.45, 2.75) is 0 Å². The van der Waals surface area contributed by atoms with Gasteiger partial charge in [-0.05, 0) is 30.3 Å². The molecule has 0 bridgehead atoms. The minimum atomic E-state index is -0.465. The number of benzene rings is 2. The number of para-hydroxylation sites is 1. The molecule has 0 radical (unpaired) electrons. The monoisotopic (exact) mass is 294 g/mol. The summed E-state index contributed by atoms with van der Waals surface area (Å²) in [5, 5.41) is 2.95. The molecule has 20 heavy (non-hydrogen) atoms. The Morgan fingerprint density at radius 1 is 1.30 bits per heavy atom. The predicted molar refractivity (Wildman–Crippen MR) is 76.4 cm³/mol. The molecule has 3 N–H and O–H groups in total. The zero-order valence-corrected chi connectivity index (χ0v) is 11.2. The number of carbonyl (C=O) groups excluding carboxylic acids is 1. The maximum absolute atomic E-state index is 12.9. The summed E-state index contributed by atoms with van der Waals surface area (Å²) in [5.74, 6) is -0.465. The highest BCUT2D eigenvalue weighted by Gasteiger charge is 2.08. The molecule has 0 aliphatic rings. The standard InChI is InChI=1S/C14H12ClFN2O2/c15-10-3-1-2-4-13(10)20-8-14(19)18-12-6-5-9(16)7-11(12)17/h1-7H,8,17H2,(H,18,19). The molecule has 0 saturated carbocycles. The number of anilines is 2. The molecule has 0 fully saturated rings. The molecule has 0 spiro atoms. The third-order valence-electron chi connectivity index (χ3n) is 2.48. The van der Waals surface area contributed by atoms with Crippen LogP contribution in [-0.2, 0) is 4.79 Å². The fourth-order valence-corrected chi connectivity index (χ4v) is 1.73. The summed E-state index contributed by atoms with van der Waals surface area (Å²) in [5.41, 5.74) is 6.07. The number of rotatable bonds is 4. The van der Waals surface area contributed by atoms with Crippen LogP contribution in [0.5, 0.6) is 5.75 Å². The topological polar surface area (TPSA) is 64.3 Å². The van der Waals surface area contributed by atoms with Crippen molar-refractivity contribution in [3.8, 4) is 5.75 Å². The van der Waals surface area contributed by atoms with E-state index in [-0.39, 0.29) is 12.3 Å². The number of nitrogen functional groups attached to an aromatic ring is 1. The van der Waals surface area contributed by atoms with Crippen molar-refractivity contribution in [3.05, 3.63) is 53.3 Å². The number of nitrogens with one attached hydrogen (secondary N) is 1. The van der Waals surface area contributed by atoms with Crippen LogP contribution in [0.25, 0.3) is 0 Å². The highest BCUT2D eigenvalue weighted by atomic mass is 35.5. The van der Waals surface area contributed by atoms with Gasteiger partial charge in [0.1, 0.15) is 11.6 Å². The van der Waals surface area contributed by atoms with Crippen LogP contribution in [0.4, 0.5) is 15.8 Å². The number of amides is 1. The molecule has 0 saturated heterocycles. The molecule has 0 aliphatic heterocycles. The van der Waals surface area contributed by atoms with Crippen molar-refractivity contribution in [2.24, 2.45) is 0 Å². The van der Waals surface area contributed by atoms with Crippen LogP contribution in [0.1, 0.15) is 0 Å². The Kier molecular flexibility index (Phi) is 4.42. The average molecular weight is 295 g/mol. The van der Waals surface area contributed by atoms with Gasteiger partial charge in [-0.25, -0.2) is 4.39 Å². The first kappa shape index (κ1) is 14.1. The van der Waals surface area contributed by atoms with Crippen LogP contribution in [-0.4, -0.2) is 12.5 Å². The lowest BCUT2D eigenvalue weighted by Crippen LogP contribution is -2.20. The maximum atomic E-state index is 12.9. The van der Waals surface area contributed by atoms with Gasteiger partial charge >= 0.3 is 0 Å². The van der Waals surface area contributed by atoms with E-state index in [4.69, 9.17) is 22.1 Å². The number of carbonyl (C=O) groups is 1. The number of hydrogen-bond donors (Lipinski definition) is 2. The summed E-state index contributed by atoms with van der Waals surface area (Å²) in [6.45, 7) is -0.222. The van der Waals surface area contributed by atoms with Crippen molar-refractivity contribution >= 4 is 28.9 Å². The first-order chi connectivity index (χ1) is 9.56. The lowest BCUT2D eigenvalue weighted by Gasteiger charge is -2.10. The van der Waals surface area contributed by atoms with Crippen LogP contribution in [0.3, 0.4) is 0 Å². The van der Waals surface area contributed by atoms with Gasteiger partial charge < -0.3 is 15.8 Å². The van der Waals surface area contributed by atoms with E-state index >= 15 is 0 Å². The molecule has 0 aromatic heterocycles. The Hall–Kier alpha value is -2.27. The van der Waals surface area contributed by atoms with Crippen molar-refractivity contribution in [1.82, 2.24) is 0 Å². The molecule has 0 atom stereocenters. The Morgan fingerprint density at radius 3 is 2.75 bits per heavy atom. The van der Waals surface area contributed by atoms with E-state index in [0.717, 1.165) is 6.07 Å². The zero-order valence-electron chi connectivity index (χ0n) is 10.4. The molecule has 1 amide bonds. The van der Waals surface area contributed by atoms with E-state index in [1.165, 1.54) is 12.1 Å². The number of halogens is 2. The second kappa shape index (κ2) is 6.25. The summed E-state index contributed by atoms with van der Waals surface area (Å²) in [6.07, 6.45) is 0. The Balaban J connectivity index is 1.94. The van der Waals surface area contributed by atoms with Gasteiger partial charge in [0.25, 0.3) is 5.91 Å². The molecule has 104 valence electrons. The Morgan fingerprint density at radius 2 is 2.05 bits per heavy atom. The lowest BCUT2D eigenvalue weighted by molar-refractivity contribution is -0.118. The summed E-state index contributed by atoms with van der Waals surface area (Å²) < 4.78 is 18.1. The van der Waals surface area contributed by atoms with Crippen LogP contribution in [0.2, 0.25) is 5.02 Å². The van der Waals surface area contributed by atoms with E-state index < -0.39 is 11.7 Å². The highest BCUT2D eigenvalue weighted by Crippen LogP contribution is 2.23. The second-order valence-corrected chi connectivity index (χ2v) is 4.41. The van der Waals surface area contributed by atoms with Crippen LogP contribution < -0.4 is 15.8 Å². The highest BCUT2D eigenvalue weighted by molar-refractivity contribution is 6.32. The van der Waals surface area contributed by atoms with Crippen LogP contribution >= 0.6 is 11.6 Å². The minimum Gasteiger partial charge on any atom is -0.482 e. The first-order valence-electron chi connectivity index (χ1n) is 5.78. The van der Waals surface area contributed by atoms with Gasteiger partial charge in [-0.1, -0.05) is 23.7 Å². The van der Waals surface area contributed by atoms with E-state index in [2.05, 4.69) is 5.32 Å². The fraction of sp³-hybridized carbons (Fsp3) is 0.0714. The third-order valence-corrected chi connectivity index (χ3v) is 2.80. The summed E-state index contributed by atoms with van der Waals surface area (Å²) in [7, 11) is 0. The molecule has 0 unspecified atom stereocenters. The average Bonchev–Trinajstić information content (AvgIpc) is 2.41. The van der Waals surface area contributed by atoms with Gasteiger partial charge in [0.15, 0.2) is 6.61 Å². The van der Waals surface area contributed by atoms with Crippen LogP contribution in [0.15, 0.2) is 42.5 Å². The largest absolute Gasteiger partial charge is 0.482 e. The van der Waals surface area contributed by atoms with E-state index in [1.54, 1.807) is 24.3 Å². The van der Waals surface area contributed by atoms with Gasteiger partial charge in [-0.3, -0.25) is 4.79 Å². The maximum Gasteiger partial charge on any atom is 0.262 e. The fourth-order valence-electron chi connectivity index (χ4n) is 1.54. The Labute approximate surface area is 120 Å². The van der Waals surface area contributed by atoms with Gasteiger partial charge in [-0.15, -0.1) is 0 Å². The smallest absolute Gasteiger partial charge is 0.262 e. The molecule has 6 heteroatoms. The van der Waals surface area contributed by atoms with Crippen LogP contribution in [0, 0.1) is 5.82 Å². The molecule has 2 aromatic carbocycles. The summed E-state index contributed by atoms with van der Waals surface area (Å²) in [4.78, 5) is 11.7. The normalized spacial score (nSPS) is 10.1. The van der Waals surface area contributed by atoms with Crippen molar-refractivity contribution < 1.29 is 13.9 Å². The van der Waals surface area contributed by atoms with Gasteiger partial charge in [0.2, 0.25) is 0 Å². The second-order valence-electron chi connectivity index (χ2n) is 4.00. The first-order valence-corrected chi connectivity index (χ1v) is 6.16. The van der Waals surface area contributed by atoms with Crippen molar-refractivity contribution in [1.29, 1.82) is 0 Å². The Bertz CT molecular complexity index is 634. The number of hydrogen-bond acceptors (Lipinski definition) is 3. The SMILES string of the molecule is Nc1cc(F)ccc1NC(=O)COc1ccccc1Cl. The molecule has 2 rings (SSSR count). The predicted octanol–water partition coefficient (Wildman–Crippen LogP) is 3.08. The lowest BCUT2D eigenvalue weighted by atomic mass is 10.2. The van der Waals surface area contributed by atoms with E-state index in [0.29, 0.717) is 16.5 Å². The summed E-state index contributed by atoms with van der Waals surface area (Å²) >= 11 is 5.89. The molecule has 2 aromatic rings. The van der Waals surface area contributed by atoms with Gasteiger partial charge in [0, 0.05) is 0 Å². The van der Waals surface area contributed by atoms with Crippen molar-refractivity contribution in [2.75, 3.05) is 17.7 Å². The zero-order chi connectivity index (χ0) is 14.5.